The van der Waals surface area contributed by atoms with Crippen LogP contribution >= 0.6 is 0 Å². The Morgan fingerprint density at radius 2 is 2.00 bits per heavy atom. The van der Waals surface area contributed by atoms with Crippen molar-refractivity contribution in [3.8, 4) is 11.5 Å². The van der Waals surface area contributed by atoms with Gasteiger partial charge in [0.2, 0.25) is 0 Å². The largest absolute Gasteiger partial charge is 0.508 e. The van der Waals surface area contributed by atoms with E-state index >= 15 is 0 Å². The molecule has 0 amide bonds. The van der Waals surface area contributed by atoms with Crippen LogP contribution in [0.5, 0.6) is 11.5 Å². The fraction of sp³-hybridized carbons (Fsp3) is 0.640. The summed E-state index contributed by atoms with van der Waals surface area (Å²) in [5.41, 5.74) is 4.40. The summed E-state index contributed by atoms with van der Waals surface area (Å²) >= 11 is 0. The predicted molar refractivity (Wildman–Crippen MR) is 117 cm³/mol. The number of aromatic amines is 1. The summed E-state index contributed by atoms with van der Waals surface area (Å²) < 4.78 is 6.55. The van der Waals surface area contributed by atoms with Crippen LogP contribution in [0, 0.1) is 5.92 Å². The molecule has 2 heterocycles. The minimum atomic E-state index is -0.275. The van der Waals surface area contributed by atoms with Crippen LogP contribution in [-0.2, 0) is 18.3 Å². The molecule has 1 aromatic heterocycles. The second kappa shape index (κ2) is 7.37. The third kappa shape index (κ3) is 3.67. The number of hydrogen-bond donors (Lipinski definition) is 2. The van der Waals surface area contributed by atoms with E-state index in [1.54, 1.807) is 0 Å². The average molecular weight is 397 g/mol. The van der Waals surface area contributed by atoms with Crippen LogP contribution in [0.3, 0.4) is 0 Å². The van der Waals surface area contributed by atoms with Gasteiger partial charge in [0.15, 0.2) is 0 Å². The van der Waals surface area contributed by atoms with E-state index in [4.69, 9.17) is 4.74 Å². The second-order valence-corrected chi connectivity index (χ2v) is 10.3. The molecule has 0 fully saturated rings. The number of unbranched alkanes of at least 4 members (excludes halogenated alkanes) is 3. The van der Waals surface area contributed by atoms with Crippen molar-refractivity contribution < 1.29 is 9.84 Å². The van der Waals surface area contributed by atoms with E-state index in [1.165, 1.54) is 42.5 Å². The zero-order valence-corrected chi connectivity index (χ0v) is 18.6. The van der Waals surface area contributed by atoms with Gasteiger partial charge in [-0.2, -0.15) is 5.10 Å². The second-order valence-electron chi connectivity index (χ2n) is 10.3. The Balaban J connectivity index is 1.67. The topological polar surface area (TPSA) is 58.1 Å². The molecule has 29 heavy (non-hydrogen) atoms. The smallest absolute Gasteiger partial charge is 0.127 e. The third-order valence-electron chi connectivity index (χ3n) is 7.35. The van der Waals surface area contributed by atoms with Crippen molar-refractivity contribution in [2.75, 3.05) is 0 Å². The number of nitrogens with one attached hydrogen (secondary N) is 1. The average Bonchev–Trinajstić information content (AvgIpc) is 3.11. The number of rotatable bonds is 6. The van der Waals surface area contributed by atoms with E-state index < -0.39 is 0 Å². The molecule has 1 aliphatic heterocycles. The Morgan fingerprint density at radius 3 is 2.76 bits per heavy atom. The third-order valence-corrected chi connectivity index (χ3v) is 7.35. The molecule has 4 rings (SSSR count). The quantitative estimate of drug-likeness (QED) is 0.586. The van der Waals surface area contributed by atoms with Crippen molar-refractivity contribution in [1.29, 1.82) is 0 Å². The van der Waals surface area contributed by atoms with E-state index in [0.29, 0.717) is 11.7 Å². The lowest BCUT2D eigenvalue weighted by molar-refractivity contribution is 0.00538. The molecule has 158 valence electrons. The summed E-state index contributed by atoms with van der Waals surface area (Å²) in [5, 5.41) is 18.5. The van der Waals surface area contributed by atoms with Gasteiger partial charge in [0.1, 0.15) is 17.1 Å². The number of phenolic OH excluding ortho intramolecular Hbond substituents is 1. The van der Waals surface area contributed by atoms with Crippen LogP contribution < -0.4 is 4.74 Å². The highest BCUT2D eigenvalue weighted by atomic mass is 16.5. The fourth-order valence-electron chi connectivity index (χ4n) is 5.42. The number of nitrogens with zero attached hydrogens (tertiary/aromatic N) is 1. The van der Waals surface area contributed by atoms with Crippen LogP contribution in [0.25, 0.3) is 0 Å². The van der Waals surface area contributed by atoms with Gasteiger partial charge < -0.3 is 9.84 Å². The number of H-pyrrole nitrogens is 1. The monoisotopic (exact) mass is 396 g/mol. The Hall–Kier alpha value is -1.97. The van der Waals surface area contributed by atoms with Crippen molar-refractivity contribution >= 4 is 0 Å². The summed E-state index contributed by atoms with van der Waals surface area (Å²) in [5.74, 6) is 1.85. The summed E-state index contributed by atoms with van der Waals surface area (Å²) in [4.78, 5) is 0. The first kappa shape index (κ1) is 20.3. The zero-order valence-electron chi connectivity index (χ0n) is 18.6. The molecule has 0 bridgehead atoms. The van der Waals surface area contributed by atoms with Gasteiger partial charge in [-0.3, -0.25) is 5.10 Å². The number of benzene rings is 1. The van der Waals surface area contributed by atoms with Crippen LogP contribution in [0.1, 0.15) is 95.0 Å². The van der Waals surface area contributed by atoms with E-state index in [1.807, 2.05) is 12.3 Å². The number of aromatic hydroxyl groups is 1. The summed E-state index contributed by atoms with van der Waals surface area (Å²) in [6.07, 6.45) is 9.93. The molecule has 2 N–H and O–H groups in total. The molecule has 0 saturated heterocycles. The number of hydrogen-bond acceptors (Lipinski definition) is 3. The number of aromatic nitrogens is 2. The first-order valence-electron chi connectivity index (χ1n) is 11.3. The molecular weight excluding hydrogens is 360 g/mol. The Morgan fingerprint density at radius 1 is 1.21 bits per heavy atom. The van der Waals surface area contributed by atoms with Crippen molar-refractivity contribution in [2.24, 2.45) is 5.92 Å². The normalized spacial score (nSPS) is 22.4. The molecule has 4 nitrogen and oxygen atoms in total. The molecular formula is C25H36N2O2. The molecule has 0 spiro atoms. The van der Waals surface area contributed by atoms with Gasteiger partial charge in [-0.1, -0.05) is 46.5 Å². The van der Waals surface area contributed by atoms with Gasteiger partial charge >= 0.3 is 0 Å². The molecule has 2 aromatic rings. The standard InChI is InChI=1S/C25H36N2O2/c1-6-7-8-9-10-24(2,3)17-12-21(28)23-18-14-20-16(15-26-27-20)11-19(18)25(4,5)29-22(23)13-17/h12-13,15,18-19,28H,6-11,14H2,1-5H3,(H,26,27)/t18-,19-/m1/s1. The first-order chi connectivity index (χ1) is 13.7. The van der Waals surface area contributed by atoms with E-state index in [-0.39, 0.29) is 16.9 Å². The van der Waals surface area contributed by atoms with E-state index in [2.05, 4.69) is 50.9 Å². The first-order valence-corrected chi connectivity index (χ1v) is 11.3. The Kier molecular flexibility index (Phi) is 5.16. The number of ether oxygens (including phenoxy) is 1. The molecule has 2 atom stereocenters. The molecule has 1 aromatic carbocycles. The van der Waals surface area contributed by atoms with Gasteiger partial charge in [0.25, 0.3) is 0 Å². The Labute approximate surface area is 175 Å². The van der Waals surface area contributed by atoms with Crippen LogP contribution in [0.2, 0.25) is 0 Å². The minimum Gasteiger partial charge on any atom is -0.508 e. The van der Waals surface area contributed by atoms with Gasteiger partial charge in [0.05, 0.1) is 6.20 Å². The summed E-state index contributed by atoms with van der Waals surface area (Å²) in [6, 6.07) is 4.20. The maximum atomic E-state index is 11.1. The Bertz CT molecular complexity index is 881. The van der Waals surface area contributed by atoms with Gasteiger partial charge in [-0.25, -0.2) is 0 Å². The van der Waals surface area contributed by atoms with Crippen molar-refractivity contribution in [3.05, 3.63) is 40.7 Å². The van der Waals surface area contributed by atoms with Gasteiger partial charge in [0, 0.05) is 23.1 Å². The molecule has 0 radical (unpaired) electrons. The maximum absolute atomic E-state index is 11.1. The highest BCUT2D eigenvalue weighted by molar-refractivity contribution is 5.54. The molecule has 0 saturated carbocycles. The lowest BCUT2D eigenvalue weighted by atomic mass is 9.66. The molecule has 2 aliphatic rings. The predicted octanol–water partition coefficient (Wildman–Crippen LogP) is 6.03. The minimum absolute atomic E-state index is 0.0215. The molecule has 1 aliphatic carbocycles. The van der Waals surface area contributed by atoms with Gasteiger partial charge in [-0.05, 0) is 61.8 Å². The zero-order chi connectivity index (χ0) is 20.8. The van der Waals surface area contributed by atoms with E-state index in [9.17, 15) is 5.11 Å². The highest BCUT2D eigenvalue weighted by Crippen LogP contribution is 2.54. The van der Waals surface area contributed by atoms with Crippen LogP contribution in [0.4, 0.5) is 0 Å². The summed E-state index contributed by atoms with van der Waals surface area (Å²) in [7, 11) is 0. The van der Waals surface area contributed by atoms with Gasteiger partial charge in [-0.15, -0.1) is 0 Å². The van der Waals surface area contributed by atoms with E-state index in [0.717, 1.165) is 30.6 Å². The molecule has 0 unspecified atom stereocenters. The maximum Gasteiger partial charge on any atom is 0.127 e. The van der Waals surface area contributed by atoms with Crippen molar-refractivity contribution in [2.45, 2.75) is 96.5 Å². The lowest BCUT2D eigenvalue weighted by Gasteiger charge is -2.47. The SMILES string of the molecule is CCCCCCC(C)(C)c1cc(O)c2c(c1)OC(C)(C)[C@@H]1Cc3cn[nH]c3C[C@@H]21. The lowest BCUT2D eigenvalue weighted by Crippen LogP contribution is -2.47. The van der Waals surface area contributed by atoms with Crippen molar-refractivity contribution in [3.63, 3.8) is 0 Å². The molecule has 4 heteroatoms. The number of phenols is 1. The van der Waals surface area contributed by atoms with Crippen LogP contribution in [0.15, 0.2) is 18.3 Å². The number of fused-ring (bicyclic) bond motifs is 4. The fourth-order valence-corrected chi connectivity index (χ4v) is 5.42. The highest BCUT2D eigenvalue weighted by Gasteiger charge is 2.48. The van der Waals surface area contributed by atoms with Crippen molar-refractivity contribution in [1.82, 2.24) is 10.2 Å². The summed E-state index contributed by atoms with van der Waals surface area (Å²) in [6.45, 7) is 11.2. The van der Waals surface area contributed by atoms with Crippen LogP contribution in [-0.4, -0.2) is 20.9 Å².